The molecule has 0 aliphatic rings. The highest BCUT2D eigenvalue weighted by Crippen LogP contribution is 2.09. The third-order valence-corrected chi connectivity index (χ3v) is 3.27. The van der Waals surface area contributed by atoms with E-state index in [2.05, 4.69) is 12.1 Å². The van der Waals surface area contributed by atoms with Gasteiger partial charge in [0.15, 0.2) is 0 Å². The summed E-state index contributed by atoms with van der Waals surface area (Å²) in [7, 11) is 0. The van der Waals surface area contributed by atoms with Crippen LogP contribution in [0.25, 0.3) is 0 Å². The van der Waals surface area contributed by atoms with E-state index in [9.17, 15) is 0 Å². The molecule has 0 spiro atoms. The fourth-order valence-corrected chi connectivity index (χ4v) is 2.12. The molecule has 0 saturated carbocycles. The number of aliphatic hydroxyl groups is 1. The fourth-order valence-electron chi connectivity index (χ4n) is 2.12. The van der Waals surface area contributed by atoms with E-state index in [4.69, 9.17) is 9.84 Å². The van der Waals surface area contributed by atoms with Crippen LogP contribution in [0.5, 0.6) is 0 Å². The van der Waals surface area contributed by atoms with E-state index in [1.54, 1.807) is 0 Å². The topological polar surface area (TPSA) is 29.5 Å². The normalized spacial score (nSPS) is 12.5. The van der Waals surface area contributed by atoms with Gasteiger partial charge in [-0.15, -0.1) is 0 Å². The number of hydrogen-bond acceptors (Lipinski definition) is 2. The highest BCUT2D eigenvalue weighted by atomic mass is 16.5. The first kappa shape index (κ1) is 16.2. The number of rotatable bonds is 11. The Morgan fingerprint density at radius 1 is 0.947 bits per heavy atom. The van der Waals surface area contributed by atoms with Gasteiger partial charge >= 0.3 is 0 Å². The first-order chi connectivity index (χ1) is 9.29. The van der Waals surface area contributed by atoms with Crippen molar-refractivity contribution >= 4 is 0 Å². The maximum atomic E-state index is 9.13. The Labute approximate surface area is 117 Å². The first-order valence-corrected chi connectivity index (χ1v) is 7.59. The molecule has 0 aliphatic heterocycles. The molecule has 1 N–H and O–H groups in total. The van der Waals surface area contributed by atoms with Crippen molar-refractivity contribution in [3.8, 4) is 0 Å². The summed E-state index contributed by atoms with van der Waals surface area (Å²) in [4.78, 5) is 0. The third kappa shape index (κ3) is 9.69. The molecule has 108 valence electrons. The predicted molar refractivity (Wildman–Crippen MR) is 80.1 cm³/mol. The van der Waals surface area contributed by atoms with Gasteiger partial charge in [0, 0.05) is 6.61 Å². The Kier molecular flexibility index (Phi) is 9.38. The van der Waals surface area contributed by atoms with Crippen molar-refractivity contribution < 1.29 is 9.84 Å². The minimum absolute atomic E-state index is 0.133. The quantitative estimate of drug-likeness (QED) is 0.603. The number of benzene rings is 1. The zero-order chi connectivity index (χ0) is 13.8. The second-order valence-electron chi connectivity index (χ2n) is 5.30. The zero-order valence-corrected chi connectivity index (χ0v) is 12.2. The van der Waals surface area contributed by atoms with E-state index >= 15 is 0 Å². The molecule has 0 saturated heterocycles. The molecule has 1 unspecified atom stereocenters. The Bertz CT molecular complexity index is 295. The SMILES string of the molecule is CC(O)CCCCCCCCOCc1ccccc1. The fraction of sp³-hybridized carbons (Fsp3) is 0.647. The van der Waals surface area contributed by atoms with Crippen LogP contribution in [0, 0.1) is 0 Å². The molecule has 0 amide bonds. The van der Waals surface area contributed by atoms with Crippen molar-refractivity contribution in [3.63, 3.8) is 0 Å². The maximum absolute atomic E-state index is 9.13. The molecule has 0 aromatic heterocycles. The maximum Gasteiger partial charge on any atom is 0.0716 e. The Morgan fingerprint density at radius 2 is 1.58 bits per heavy atom. The lowest BCUT2D eigenvalue weighted by molar-refractivity contribution is 0.116. The van der Waals surface area contributed by atoms with Gasteiger partial charge in [0.1, 0.15) is 0 Å². The Morgan fingerprint density at radius 3 is 2.26 bits per heavy atom. The number of aliphatic hydroxyl groups excluding tert-OH is 1. The van der Waals surface area contributed by atoms with E-state index in [1.807, 2.05) is 25.1 Å². The van der Waals surface area contributed by atoms with E-state index in [1.165, 1.54) is 31.2 Å². The average molecular weight is 264 g/mol. The molecule has 1 aromatic carbocycles. The Hall–Kier alpha value is -0.860. The number of unbranched alkanes of at least 4 members (excludes halogenated alkanes) is 5. The van der Waals surface area contributed by atoms with E-state index in [0.29, 0.717) is 0 Å². The molecule has 2 heteroatoms. The van der Waals surface area contributed by atoms with Crippen LogP contribution in [0.3, 0.4) is 0 Å². The monoisotopic (exact) mass is 264 g/mol. The first-order valence-electron chi connectivity index (χ1n) is 7.59. The zero-order valence-electron chi connectivity index (χ0n) is 12.2. The molecule has 0 bridgehead atoms. The lowest BCUT2D eigenvalue weighted by Gasteiger charge is -2.05. The van der Waals surface area contributed by atoms with Crippen LogP contribution < -0.4 is 0 Å². The standard InChI is InChI=1S/C17H28O2/c1-16(18)11-7-4-2-3-5-10-14-19-15-17-12-8-6-9-13-17/h6,8-9,12-13,16,18H,2-5,7,10-11,14-15H2,1H3. The van der Waals surface area contributed by atoms with Crippen molar-refractivity contribution in [2.75, 3.05) is 6.61 Å². The summed E-state index contributed by atoms with van der Waals surface area (Å²) in [6, 6.07) is 10.3. The van der Waals surface area contributed by atoms with Crippen molar-refractivity contribution in [1.82, 2.24) is 0 Å². The smallest absolute Gasteiger partial charge is 0.0716 e. The molecule has 1 atom stereocenters. The summed E-state index contributed by atoms with van der Waals surface area (Å²) in [5, 5.41) is 9.13. The van der Waals surface area contributed by atoms with Crippen molar-refractivity contribution in [2.24, 2.45) is 0 Å². The molecule has 19 heavy (non-hydrogen) atoms. The number of hydrogen-bond donors (Lipinski definition) is 1. The number of ether oxygens (including phenoxy) is 1. The van der Waals surface area contributed by atoms with Gasteiger partial charge in [0.2, 0.25) is 0 Å². The second kappa shape index (κ2) is 11.0. The lowest BCUT2D eigenvalue weighted by Crippen LogP contribution is -1.98. The minimum Gasteiger partial charge on any atom is -0.393 e. The molecule has 0 aliphatic carbocycles. The van der Waals surface area contributed by atoms with Crippen LogP contribution in [0.4, 0.5) is 0 Å². The van der Waals surface area contributed by atoms with Gasteiger partial charge < -0.3 is 9.84 Å². The van der Waals surface area contributed by atoms with Gasteiger partial charge in [0.25, 0.3) is 0 Å². The highest BCUT2D eigenvalue weighted by molar-refractivity contribution is 5.13. The van der Waals surface area contributed by atoms with Gasteiger partial charge in [-0.05, 0) is 25.3 Å². The average Bonchev–Trinajstić information content (AvgIpc) is 2.42. The summed E-state index contributed by atoms with van der Waals surface area (Å²) in [6.07, 6.45) is 8.19. The molecule has 0 radical (unpaired) electrons. The van der Waals surface area contributed by atoms with E-state index in [-0.39, 0.29) is 6.10 Å². The van der Waals surface area contributed by atoms with Crippen molar-refractivity contribution in [3.05, 3.63) is 35.9 Å². The second-order valence-corrected chi connectivity index (χ2v) is 5.30. The van der Waals surface area contributed by atoms with Gasteiger partial charge in [-0.1, -0.05) is 62.4 Å². The van der Waals surface area contributed by atoms with E-state index in [0.717, 1.165) is 32.5 Å². The molecule has 0 heterocycles. The molecular weight excluding hydrogens is 236 g/mol. The lowest BCUT2D eigenvalue weighted by atomic mass is 10.1. The van der Waals surface area contributed by atoms with Crippen LogP contribution in [-0.2, 0) is 11.3 Å². The summed E-state index contributed by atoms with van der Waals surface area (Å²) < 4.78 is 5.65. The van der Waals surface area contributed by atoms with Crippen LogP contribution in [-0.4, -0.2) is 17.8 Å². The van der Waals surface area contributed by atoms with Gasteiger partial charge in [-0.3, -0.25) is 0 Å². The predicted octanol–water partition coefficient (Wildman–Crippen LogP) is 4.31. The van der Waals surface area contributed by atoms with Gasteiger partial charge in [-0.25, -0.2) is 0 Å². The van der Waals surface area contributed by atoms with Gasteiger partial charge in [-0.2, -0.15) is 0 Å². The molecular formula is C17H28O2. The highest BCUT2D eigenvalue weighted by Gasteiger charge is 1.96. The minimum atomic E-state index is -0.133. The summed E-state index contributed by atoms with van der Waals surface area (Å²) >= 11 is 0. The molecule has 0 fully saturated rings. The largest absolute Gasteiger partial charge is 0.393 e. The van der Waals surface area contributed by atoms with Crippen molar-refractivity contribution in [2.45, 2.75) is 64.6 Å². The molecule has 1 rings (SSSR count). The van der Waals surface area contributed by atoms with Crippen molar-refractivity contribution in [1.29, 1.82) is 0 Å². The van der Waals surface area contributed by atoms with Crippen LogP contribution in [0.2, 0.25) is 0 Å². The summed E-state index contributed by atoms with van der Waals surface area (Å²) in [5.74, 6) is 0. The van der Waals surface area contributed by atoms with Crippen LogP contribution in [0.15, 0.2) is 30.3 Å². The molecule has 2 nitrogen and oxygen atoms in total. The third-order valence-electron chi connectivity index (χ3n) is 3.27. The van der Waals surface area contributed by atoms with E-state index < -0.39 is 0 Å². The van der Waals surface area contributed by atoms with Crippen LogP contribution in [0.1, 0.15) is 57.4 Å². The Balaban J connectivity index is 1.81. The summed E-state index contributed by atoms with van der Waals surface area (Å²) in [5.41, 5.74) is 1.25. The molecule has 1 aromatic rings. The van der Waals surface area contributed by atoms with Crippen LogP contribution >= 0.6 is 0 Å². The van der Waals surface area contributed by atoms with Gasteiger partial charge in [0.05, 0.1) is 12.7 Å². The summed E-state index contributed by atoms with van der Waals surface area (Å²) in [6.45, 7) is 3.46.